The van der Waals surface area contributed by atoms with Crippen LogP contribution in [-0.2, 0) is 20.7 Å². The molecule has 7 heteroatoms. The fraction of sp³-hybridized carbons (Fsp3) is 0.529. The Balaban J connectivity index is 2.45. The number of methoxy groups -OCH3 is 1. The van der Waals surface area contributed by atoms with Crippen molar-refractivity contribution in [2.45, 2.75) is 38.8 Å². The van der Waals surface area contributed by atoms with E-state index in [1.54, 1.807) is 32.9 Å². The molecule has 0 radical (unpaired) electrons. The van der Waals surface area contributed by atoms with Crippen LogP contribution in [0.1, 0.15) is 26.3 Å². The van der Waals surface area contributed by atoms with Crippen LogP contribution in [0.25, 0.3) is 0 Å². The molecule has 1 aromatic carbocycles. The van der Waals surface area contributed by atoms with Crippen molar-refractivity contribution in [3.8, 4) is 0 Å². The first-order valence-electron chi connectivity index (χ1n) is 7.74. The first-order valence-corrected chi connectivity index (χ1v) is 7.74. The van der Waals surface area contributed by atoms with E-state index >= 15 is 0 Å². The first-order chi connectivity index (χ1) is 11.2. The van der Waals surface area contributed by atoms with Crippen LogP contribution in [0.3, 0.4) is 0 Å². The molecular formula is C17H25FN2O4. The summed E-state index contributed by atoms with van der Waals surface area (Å²) < 4.78 is 22.8. The van der Waals surface area contributed by atoms with Gasteiger partial charge >= 0.3 is 12.1 Å². The Kier molecular flexibility index (Phi) is 7.64. The van der Waals surface area contributed by atoms with Gasteiger partial charge in [-0.25, -0.2) is 9.18 Å². The van der Waals surface area contributed by atoms with Gasteiger partial charge in [0.1, 0.15) is 17.5 Å². The number of ether oxygens (including phenoxy) is 2. The topological polar surface area (TPSA) is 76.7 Å². The first kappa shape index (κ1) is 19.9. The minimum Gasteiger partial charge on any atom is -0.468 e. The van der Waals surface area contributed by atoms with Gasteiger partial charge in [-0.2, -0.15) is 0 Å². The highest BCUT2D eigenvalue weighted by molar-refractivity contribution is 5.76. The van der Waals surface area contributed by atoms with Crippen LogP contribution in [0, 0.1) is 5.82 Å². The number of carbonyl (C=O) groups is 2. The molecule has 0 aromatic heterocycles. The zero-order chi connectivity index (χ0) is 18.2. The number of alkyl carbamates (subject to hydrolysis) is 1. The molecule has 1 amide bonds. The summed E-state index contributed by atoms with van der Waals surface area (Å²) >= 11 is 0. The van der Waals surface area contributed by atoms with E-state index in [0.29, 0.717) is 19.5 Å². The van der Waals surface area contributed by atoms with Crippen LogP contribution in [0.4, 0.5) is 9.18 Å². The van der Waals surface area contributed by atoms with Gasteiger partial charge in [-0.15, -0.1) is 0 Å². The van der Waals surface area contributed by atoms with Gasteiger partial charge in [-0.1, -0.05) is 12.1 Å². The van der Waals surface area contributed by atoms with E-state index in [4.69, 9.17) is 9.47 Å². The summed E-state index contributed by atoms with van der Waals surface area (Å²) in [6.45, 7) is 5.99. The standard InChI is InChI=1S/C17H25FN2O4/c1-17(2,3)24-16(22)20-10-9-19-14(15(21)23-4)11-12-5-7-13(18)8-6-12/h5-8,14,19H,9-11H2,1-4H3,(H,20,22)/t14-/m1/s1. The average Bonchev–Trinajstić information content (AvgIpc) is 2.49. The summed E-state index contributed by atoms with van der Waals surface area (Å²) in [7, 11) is 1.31. The van der Waals surface area contributed by atoms with E-state index in [1.807, 2.05) is 0 Å². The molecule has 6 nitrogen and oxygen atoms in total. The largest absolute Gasteiger partial charge is 0.468 e. The number of benzene rings is 1. The van der Waals surface area contributed by atoms with E-state index in [9.17, 15) is 14.0 Å². The molecular weight excluding hydrogens is 315 g/mol. The van der Waals surface area contributed by atoms with Gasteiger partial charge in [0, 0.05) is 13.1 Å². The summed E-state index contributed by atoms with van der Waals surface area (Å²) in [6.07, 6.45) is -0.156. The van der Waals surface area contributed by atoms with Crippen LogP contribution < -0.4 is 10.6 Å². The second kappa shape index (κ2) is 9.22. The van der Waals surface area contributed by atoms with Crippen molar-refractivity contribution in [3.05, 3.63) is 35.6 Å². The van der Waals surface area contributed by atoms with Gasteiger partial charge in [0.25, 0.3) is 0 Å². The minimum absolute atomic E-state index is 0.297. The molecule has 1 atom stereocenters. The molecule has 0 aliphatic rings. The van der Waals surface area contributed by atoms with E-state index in [2.05, 4.69) is 10.6 Å². The van der Waals surface area contributed by atoms with Crippen LogP contribution in [0.15, 0.2) is 24.3 Å². The third-order valence-electron chi connectivity index (χ3n) is 3.02. The maximum atomic E-state index is 12.9. The van der Waals surface area contributed by atoms with E-state index in [0.717, 1.165) is 5.56 Å². The van der Waals surface area contributed by atoms with E-state index in [-0.39, 0.29) is 5.82 Å². The zero-order valence-corrected chi connectivity index (χ0v) is 14.5. The number of nitrogens with one attached hydrogen (secondary N) is 2. The van der Waals surface area contributed by atoms with Gasteiger partial charge in [0.05, 0.1) is 7.11 Å². The number of carbonyl (C=O) groups excluding carboxylic acids is 2. The van der Waals surface area contributed by atoms with Gasteiger partial charge in [0.15, 0.2) is 0 Å². The van der Waals surface area contributed by atoms with Crippen LogP contribution >= 0.6 is 0 Å². The third-order valence-corrected chi connectivity index (χ3v) is 3.02. The van der Waals surface area contributed by atoms with Gasteiger partial charge in [-0.05, 0) is 44.9 Å². The van der Waals surface area contributed by atoms with Gasteiger partial charge < -0.3 is 20.1 Å². The Morgan fingerprint density at radius 1 is 1.17 bits per heavy atom. The third kappa shape index (κ3) is 7.92. The molecule has 0 unspecified atom stereocenters. The molecule has 24 heavy (non-hydrogen) atoms. The van der Waals surface area contributed by atoms with Crippen molar-refractivity contribution >= 4 is 12.1 Å². The normalized spacial score (nSPS) is 12.4. The van der Waals surface area contributed by atoms with Gasteiger partial charge in [-0.3, -0.25) is 4.79 Å². The minimum atomic E-state index is -0.583. The SMILES string of the molecule is COC(=O)[C@@H](Cc1ccc(F)cc1)NCCNC(=O)OC(C)(C)C. The average molecular weight is 340 g/mol. The molecule has 0 saturated carbocycles. The quantitative estimate of drug-likeness (QED) is 0.587. The fourth-order valence-electron chi connectivity index (χ4n) is 1.96. The second-order valence-corrected chi connectivity index (χ2v) is 6.29. The Labute approximate surface area is 141 Å². The van der Waals surface area contributed by atoms with Crippen molar-refractivity contribution in [2.24, 2.45) is 0 Å². The van der Waals surface area contributed by atoms with Crippen LogP contribution in [0.5, 0.6) is 0 Å². The highest BCUT2D eigenvalue weighted by Crippen LogP contribution is 2.07. The maximum Gasteiger partial charge on any atom is 0.407 e. The van der Waals surface area contributed by atoms with Crippen LogP contribution in [0.2, 0.25) is 0 Å². The van der Waals surface area contributed by atoms with Crippen molar-refractivity contribution in [1.29, 1.82) is 0 Å². The number of esters is 1. The second-order valence-electron chi connectivity index (χ2n) is 6.29. The Hall–Kier alpha value is -2.15. The van der Waals surface area contributed by atoms with Gasteiger partial charge in [0.2, 0.25) is 0 Å². The van der Waals surface area contributed by atoms with E-state index in [1.165, 1.54) is 19.2 Å². The lowest BCUT2D eigenvalue weighted by atomic mass is 10.1. The lowest BCUT2D eigenvalue weighted by Crippen LogP contribution is -2.44. The fourth-order valence-corrected chi connectivity index (χ4v) is 1.96. The molecule has 1 rings (SSSR count). The van der Waals surface area contributed by atoms with Crippen molar-refractivity contribution in [2.75, 3.05) is 20.2 Å². The number of halogens is 1. The predicted octanol–water partition coefficient (Wildman–Crippen LogP) is 2.02. The molecule has 134 valence electrons. The molecule has 0 saturated heterocycles. The van der Waals surface area contributed by atoms with Crippen molar-refractivity contribution < 1.29 is 23.5 Å². The predicted molar refractivity (Wildman–Crippen MR) is 88.1 cm³/mol. The summed E-state index contributed by atoms with van der Waals surface area (Å²) in [6, 6.07) is 5.33. The molecule has 1 aromatic rings. The summed E-state index contributed by atoms with van der Waals surface area (Å²) in [5.41, 5.74) is 0.244. The Bertz CT molecular complexity index is 541. The maximum absolute atomic E-state index is 12.9. The van der Waals surface area contributed by atoms with Crippen molar-refractivity contribution in [3.63, 3.8) is 0 Å². The lowest BCUT2D eigenvalue weighted by Gasteiger charge is -2.20. The molecule has 0 aliphatic carbocycles. The van der Waals surface area contributed by atoms with Crippen molar-refractivity contribution in [1.82, 2.24) is 10.6 Å². The number of hydrogen-bond donors (Lipinski definition) is 2. The molecule has 2 N–H and O–H groups in total. The van der Waals surface area contributed by atoms with E-state index < -0.39 is 23.7 Å². The number of hydrogen-bond acceptors (Lipinski definition) is 5. The highest BCUT2D eigenvalue weighted by atomic mass is 19.1. The molecule has 0 fully saturated rings. The summed E-state index contributed by atoms with van der Waals surface area (Å²) in [5, 5.41) is 5.61. The zero-order valence-electron chi connectivity index (χ0n) is 14.5. The molecule has 0 spiro atoms. The Morgan fingerprint density at radius 2 is 1.79 bits per heavy atom. The Morgan fingerprint density at radius 3 is 2.33 bits per heavy atom. The summed E-state index contributed by atoms with van der Waals surface area (Å²) in [4.78, 5) is 23.4. The number of rotatable bonds is 7. The molecule has 0 heterocycles. The smallest absolute Gasteiger partial charge is 0.407 e. The molecule has 0 bridgehead atoms. The monoisotopic (exact) mass is 340 g/mol. The molecule has 0 aliphatic heterocycles. The summed E-state index contributed by atoms with van der Waals surface area (Å²) in [5.74, 6) is -0.750. The highest BCUT2D eigenvalue weighted by Gasteiger charge is 2.19. The van der Waals surface area contributed by atoms with Crippen LogP contribution in [-0.4, -0.2) is 43.9 Å². The lowest BCUT2D eigenvalue weighted by molar-refractivity contribution is -0.143. The number of amides is 1.